The first kappa shape index (κ1) is 15.2. The van der Waals surface area contributed by atoms with E-state index in [0.717, 1.165) is 0 Å². The van der Waals surface area contributed by atoms with Gasteiger partial charge in [0, 0.05) is 5.33 Å². The van der Waals surface area contributed by atoms with Gasteiger partial charge in [-0.1, -0.05) is 73.5 Å². The largest absolute Gasteiger partial charge is 0.0928 e. The molecule has 0 saturated heterocycles. The van der Waals surface area contributed by atoms with E-state index in [1.165, 1.54) is 69.5 Å². The predicted molar refractivity (Wildman–Crippen MR) is 74.8 cm³/mol. The van der Waals surface area contributed by atoms with Gasteiger partial charge in [-0.2, -0.15) is 0 Å². The Morgan fingerprint density at radius 2 is 1.27 bits per heavy atom. The second-order valence-corrected chi connectivity index (χ2v) is 5.01. The quantitative estimate of drug-likeness (QED) is 0.252. The number of halogens is 1. The first-order valence-electron chi connectivity index (χ1n) is 6.62. The Kier molecular flexibility index (Phi) is 14.4. The van der Waals surface area contributed by atoms with Crippen molar-refractivity contribution in [3.05, 3.63) is 12.2 Å². The van der Waals surface area contributed by atoms with Crippen LogP contribution in [0.2, 0.25) is 0 Å². The zero-order chi connectivity index (χ0) is 11.2. The van der Waals surface area contributed by atoms with Gasteiger partial charge in [0.05, 0.1) is 0 Å². The van der Waals surface area contributed by atoms with E-state index >= 15 is 0 Å². The molecular formula is C14H27Br. The first-order valence-corrected chi connectivity index (χ1v) is 7.75. The van der Waals surface area contributed by atoms with Gasteiger partial charge in [-0.3, -0.25) is 0 Å². The normalized spacial score (nSPS) is 11.3. The first-order chi connectivity index (χ1) is 7.41. The second kappa shape index (κ2) is 14.2. The maximum atomic E-state index is 3.46. The molecule has 0 amide bonds. The zero-order valence-corrected chi connectivity index (χ0v) is 11.9. The van der Waals surface area contributed by atoms with E-state index in [-0.39, 0.29) is 0 Å². The molecule has 0 atom stereocenters. The van der Waals surface area contributed by atoms with Crippen LogP contribution in [-0.2, 0) is 0 Å². The Balaban J connectivity index is 2.95. The molecule has 0 spiro atoms. The maximum absolute atomic E-state index is 3.46. The summed E-state index contributed by atoms with van der Waals surface area (Å²) in [7, 11) is 0. The molecule has 0 unspecified atom stereocenters. The molecule has 0 aliphatic rings. The molecule has 0 rings (SSSR count). The van der Waals surface area contributed by atoms with Gasteiger partial charge < -0.3 is 0 Å². The van der Waals surface area contributed by atoms with E-state index in [2.05, 4.69) is 35.0 Å². The number of alkyl halides is 1. The molecule has 0 radical (unpaired) electrons. The summed E-state index contributed by atoms with van der Waals surface area (Å²) < 4.78 is 0. The predicted octanol–water partition coefficient (Wildman–Crippen LogP) is 5.86. The van der Waals surface area contributed by atoms with Crippen LogP contribution in [0.3, 0.4) is 0 Å². The number of unbranched alkanes of at least 4 members (excludes halogenated alkanes) is 8. The van der Waals surface area contributed by atoms with Crippen LogP contribution in [0.25, 0.3) is 0 Å². The fourth-order valence-electron chi connectivity index (χ4n) is 1.62. The Hall–Kier alpha value is 0.220. The van der Waals surface area contributed by atoms with Crippen LogP contribution in [0.4, 0.5) is 0 Å². The third-order valence-corrected chi connectivity index (χ3v) is 3.21. The highest BCUT2D eigenvalue weighted by Gasteiger charge is 1.89. The highest BCUT2D eigenvalue weighted by Crippen LogP contribution is 2.08. The molecular weight excluding hydrogens is 248 g/mol. The highest BCUT2D eigenvalue weighted by atomic mass is 79.9. The third kappa shape index (κ3) is 14.2. The molecule has 0 N–H and O–H groups in total. The smallest absolute Gasteiger partial charge is 0.00313 e. The molecule has 1 heteroatoms. The molecule has 0 heterocycles. The summed E-state index contributed by atoms with van der Waals surface area (Å²) in [5, 5.41) is 1.17. The molecule has 0 aromatic heterocycles. The van der Waals surface area contributed by atoms with Crippen LogP contribution in [0, 0.1) is 0 Å². The second-order valence-electron chi connectivity index (χ2n) is 4.21. The van der Waals surface area contributed by atoms with E-state index in [1.54, 1.807) is 0 Å². The number of allylic oxidation sites excluding steroid dienone is 2. The standard InChI is InChI=1S/C14H27Br/c1-2-3-4-5-6-7-8-9-10-11-12-13-14-15/h5-6H,2-4,7-14H2,1H3. The van der Waals surface area contributed by atoms with E-state index in [1.807, 2.05) is 0 Å². The van der Waals surface area contributed by atoms with E-state index in [4.69, 9.17) is 0 Å². The minimum atomic E-state index is 1.17. The number of hydrogen-bond donors (Lipinski definition) is 0. The average Bonchev–Trinajstić information content (AvgIpc) is 2.26. The van der Waals surface area contributed by atoms with Gasteiger partial charge in [0.2, 0.25) is 0 Å². The lowest BCUT2D eigenvalue weighted by atomic mass is 10.1. The minimum Gasteiger partial charge on any atom is -0.0928 e. The van der Waals surface area contributed by atoms with Crippen LogP contribution >= 0.6 is 15.9 Å². The average molecular weight is 275 g/mol. The van der Waals surface area contributed by atoms with E-state index in [0.29, 0.717) is 0 Å². The van der Waals surface area contributed by atoms with Crippen LogP contribution in [-0.4, -0.2) is 5.33 Å². The van der Waals surface area contributed by atoms with E-state index < -0.39 is 0 Å². The van der Waals surface area contributed by atoms with Gasteiger partial charge in [0.15, 0.2) is 0 Å². The van der Waals surface area contributed by atoms with Crippen molar-refractivity contribution < 1.29 is 0 Å². The van der Waals surface area contributed by atoms with Crippen molar-refractivity contribution >= 4 is 15.9 Å². The highest BCUT2D eigenvalue weighted by molar-refractivity contribution is 9.09. The third-order valence-electron chi connectivity index (χ3n) is 2.65. The molecule has 0 fully saturated rings. The Bertz CT molecular complexity index is 129. The summed E-state index contributed by atoms with van der Waals surface area (Å²) in [5.41, 5.74) is 0. The van der Waals surface area contributed by atoms with Crippen molar-refractivity contribution in [2.45, 2.75) is 71.1 Å². The Morgan fingerprint density at radius 1 is 0.733 bits per heavy atom. The molecule has 0 aliphatic carbocycles. The molecule has 0 nitrogen and oxygen atoms in total. The SMILES string of the molecule is CCCCC=CCCCCCCCCBr. The zero-order valence-electron chi connectivity index (χ0n) is 10.3. The summed E-state index contributed by atoms with van der Waals surface area (Å²) >= 11 is 3.46. The Morgan fingerprint density at radius 3 is 1.87 bits per heavy atom. The van der Waals surface area contributed by atoms with Crippen LogP contribution in [0.5, 0.6) is 0 Å². The summed E-state index contributed by atoms with van der Waals surface area (Å²) in [6.07, 6.45) is 18.4. The van der Waals surface area contributed by atoms with Crippen molar-refractivity contribution in [3.8, 4) is 0 Å². The Labute approximate surface area is 105 Å². The van der Waals surface area contributed by atoms with Gasteiger partial charge in [-0.25, -0.2) is 0 Å². The van der Waals surface area contributed by atoms with Gasteiger partial charge in [-0.05, 0) is 25.7 Å². The van der Waals surface area contributed by atoms with Gasteiger partial charge in [-0.15, -0.1) is 0 Å². The summed E-state index contributed by atoms with van der Waals surface area (Å²) in [4.78, 5) is 0. The van der Waals surface area contributed by atoms with Crippen LogP contribution in [0.1, 0.15) is 71.1 Å². The molecule has 90 valence electrons. The van der Waals surface area contributed by atoms with Gasteiger partial charge in [0.1, 0.15) is 0 Å². The molecule has 15 heavy (non-hydrogen) atoms. The summed E-state index contributed by atoms with van der Waals surface area (Å²) in [6.45, 7) is 2.25. The maximum Gasteiger partial charge on any atom is 0.00313 e. The molecule has 0 aromatic carbocycles. The lowest BCUT2D eigenvalue weighted by Crippen LogP contribution is -1.80. The fourth-order valence-corrected chi connectivity index (χ4v) is 2.02. The lowest BCUT2D eigenvalue weighted by molar-refractivity contribution is 0.613. The molecule has 0 bridgehead atoms. The summed E-state index contributed by atoms with van der Waals surface area (Å²) in [6, 6.07) is 0. The van der Waals surface area contributed by atoms with Crippen molar-refractivity contribution in [2.24, 2.45) is 0 Å². The van der Waals surface area contributed by atoms with Crippen molar-refractivity contribution in [3.63, 3.8) is 0 Å². The van der Waals surface area contributed by atoms with Crippen molar-refractivity contribution in [1.82, 2.24) is 0 Å². The fraction of sp³-hybridized carbons (Fsp3) is 0.857. The molecule has 0 aromatic rings. The topological polar surface area (TPSA) is 0 Å². The minimum absolute atomic E-state index is 1.17. The van der Waals surface area contributed by atoms with Gasteiger partial charge in [0.25, 0.3) is 0 Å². The lowest BCUT2D eigenvalue weighted by Gasteiger charge is -1.98. The number of hydrogen-bond acceptors (Lipinski definition) is 0. The number of rotatable bonds is 11. The van der Waals surface area contributed by atoms with E-state index in [9.17, 15) is 0 Å². The summed E-state index contributed by atoms with van der Waals surface area (Å²) in [5.74, 6) is 0. The molecule has 0 aliphatic heterocycles. The van der Waals surface area contributed by atoms with Crippen LogP contribution < -0.4 is 0 Å². The van der Waals surface area contributed by atoms with Crippen molar-refractivity contribution in [2.75, 3.05) is 5.33 Å². The monoisotopic (exact) mass is 274 g/mol. The van der Waals surface area contributed by atoms with Crippen molar-refractivity contribution in [1.29, 1.82) is 0 Å². The van der Waals surface area contributed by atoms with Crippen LogP contribution in [0.15, 0.2) is 12.2 Å². The molecule has 0 saturated carbocycles. The van der Waals surface area contributed by atoms with Gasteiger partial charge >= 0.3 is 0 Å².